The summed E-state index contributed by atoms with van der Waals surface area (Å²) < 4.78 is 13.7. The van der Waals surface area contributed by atoms with Crippen LogP contribution in [0.3, 0.4) is 0 Å². The molecule has 0 saturated carbocycles. The Morgan fingerprint density at radius 3 is 2.74 bits per heavy atom. The lowest BCUT2D eigenvalue weighted by molar-refractivity contribution is 0.617. The van der Waals surface area contributed by atoms with Crippen LogP contribution in [0.15, 0.2) is 41.3 Å². The van der Waals surface area contributed by atoms with Crippen molar-refractivity contribution in [2.45, 2.75) is 10.6 Å². The third-order valence-corrected chi connectivity index (χ3v) is 4.07. The molecule has 0 radical (unpaired) electrons. The van der Waals surface area contributed by atoms with Crippen LogP contribution in [-0.2, 0) is 5.75 Å². The lowest BCUT2D eigenvalue weighted by atomic mass is 10.1. The molecule has 2 nitrogen and oxygen atoms in total. The fourth-order valence-corrected chi connectivity index (χ4v) is 2.77. The Morgan fingerprint density at radius 2 is 2.05 bits per heavy atom. The highest BCUT2D eigenvalue weighted by molar-refractivity contribution is 7.98. The van der Waals surface area contributed by atoms with Crippen molar-refractivity contribution < 1.29 is 4.39 Å². The van der Waals surface area contributed by atoms with Gasteiger partial charge in [-0.3, -0.25) is 0 Å². The first kappa shape index (κ1) is 13.7. The molecule has 19 heavy (non-hydrogen) atoms. The molecule has 0 bridgehead atoms. The normalized spacial score (nSPS) is 10.2. The summed E-state index contributed by atoms with van der Waals surface area (Å²) in [6, 6.07) is 11.5. The first-order valence-electron chi connectivity index (χ1n) is 5.46. The van der Waals surface area contributed by atoms with Crippen LogP contribution in [0, 0.1) is 17.1 Å². The number of thioether (sulfide) groups is 1. The topological polar surface area (TPSA) is 49.8 Å². The minimum Gasteiger partial charge on any atom is -0.399 e. The van der Waals surface area contributed by atoms with Gasteiger partial charge in [0.15, 0.2) is 0 Å². The van der Waals surface area contributed by atoms with E-state index in [1.807, 2.05) is 6.07 Å². The first-order valence-corrected chi connectivity index (χ1v) is 6.83. The fraction of sp³-hybridized carbons (Fsp3) is 0.0714. The molecule has 0 saturated heterocycles. The first-order chi connectivity index (χ1) is 9.10. The van der Waals surface area contributed by atoms with Gasteiger partial charge in [0.25, 0.3) is 0 Å². The zero-order chi connectivity index (χ0) is 13.8. The second kappa shape index (κ2) is 5.96. The Balaban J connectivity index is 2.15. The lowest BCUT2D eigenvalue weighted by Gasteiger charge is -2.06. The second-order valence-corrected chi connectivity index (χ2v) is 5.32. The molecular weight excluding hydrogens is 283 g/mol. The highest BCUT2D eigenvalue weighted by Crippen LogP contribution is 2.31. The van der Waals surface area contributed by atoms with Crippen LogP contribution in [0.2, 0.25) is 5.02 Å². The number of nitrogen functional groups attached to an aromatic ring is 1. The highest BCUT2D eigenvalue weighted by Gasteiger charge is 2.07. The molecule has 0 aliphatic rings. The molecule has 2 rings (SSSR count). The summed E-state index contributed by atoms with van der Waals surface area (Å²) in [6.07, 6.45) is 0. The molecule has 0 spiro atoms. The maximum atomic E-state index is 13.7. The van der Waals surface area contributed by atoms with Gasteiger partial charge in [-0.15, -0.1) is 11.8 Å². The van der Waals surface area contributed by atoms with Gasteiger partial charge >= 0.3 is 0 Å². The predicted molar refractivity (Wildman–Crippen MR) is 76.5 cm³/mol. The van der Waals surface area contributed by atoms with Crippen molar-refractivity contribution in [3.05, 3.63) is 58.4 Å². The Bertz CT molecular complexity index is 652. The average Bonchev–Trinajstić information content (AvgIpc) is 2.40. The van der Waals surface area contributed by atoms with Crippen LogP contribution >= 0.6 is 23.4 Å². The zero-order valence-electron chi connectivity index (χ0n) is 9.86. The minimum atomic E-state index is -0.383. The number of nitrogens with two attached hydrogens (primary N) is 1. The molecule has 0 aromatic heterocycles. The van der Waals surface area contributed by atoms with Gasteiger partial charge < -0.3 is 5.73 Å². The second-order valence-electron chi connectivity index (χ2n) is 3.90. The highest BCUT2D eigenvalue weighted by atomic mass is 35.5. The van der Waals surface area contributed by atoms with Crippen molar-refractivity contribution in [1.29, 1.82) is 5.26 Å². The Labute approximate surface area is 120 Å². The van der Waals surface area contributed by atoms with E-state index < -0.39 is 0 Å². The van der Waals surface area contributed by atoms with Crippen LogP contribution in [0.5, 0.6) is 0 Å². The number of anilines is 1. The van der Waals surface area contributed by atoms with Crippen LogP contribution in [0.4, 0.5) is 10.1 Å². The van der Waals surface area contributed by atoms with Crippen molar-refractivity contribution in [3.63, 3.8) is 0 Å². The summed E-state index contributed by atoms with van der Waals surface area (Å²) in [4.78, 5) is 0.811. The van der Waals surface area contributed by atoms with E-state index in [4.69, 9.17) is 22.6 Å². The molecule has 2 N–H and O–H groups in total. The van der Waals surface area contributed by atoms with E-state index >= 15 is 0 Å². The Morgan fingerprint density at radius 1 is 1.26 bits per heavy atom. The zero-order valence-corrected chi connectivity index (χ0v) is 11.4. The van der Waals surface area contributed by atoms with Gasteiger partial charge in [0.1, 0.15) is 5.82 Å². The number of benzene rings is 2. The van der Waals surface area contributed by atoms with Gasteiger partial charge in [0.05, 0.1) is 16.7 Å². The number of nitrogens with zero attached hydrogens (tertiary/aromatic N) is 1. The van der Waals surface area contributed by atoms with Gasteiger partial charge in [-0.1, -0.05) is 17.7 Å². The van der Waals surface area contributed by atoms with E-state index in [0.717, 1.165) is 4.90 Å². The summed E-state index contributed by atoms with van der Waals surface area (Å²) in [7, 11) is 0. The quantitative estimate of drug-likeness (QED) is 0.680. The van der Waals surface area contributed by atoms with Crippen LogP contribution in [-0.4, -0.2) is 0 Å². The predicted octanol–water partition coefficient (Wildman–Crippen LogP) is 4.23. The molecule has 2 aromatic carbocycles. The van der Waals surface area contributed by atoms with Crippen LogP contribution in [0.25, 0.3) is 0 Å². The number of hydrogen-bond acceptors (Lipinski definition) is 3. The van der Waals surface area contributed by atoms with Crippen molar-refractivity contribution in [2.75, 3.05) is 5.73 Å². The molecule has 0 unspecified atom stereocenters. The molecule has 0 amide bonds. The minimum absolute atomic E-state index is 0.313. The van der Waals surface area contributed by atoms with Gasteiger partial charge in [0.2, 0.25) is 0 Å². The summed E-state index contributed by atoms with van der Waals surface area (Å²) in [6.45, 7) is 0. The van der Waals surface area contributed by atoms with Crippen LogP contribution in [0.1, 0.15) is 11.1 Å². The molecule has 96 valence electrons. The SMILES string of the molecule is N#Cc1ccc(CSc2cc(N)ccc2Cl)c(F)c1. The molecular formula is C14H10ClFN2S. The molecule has 0 heterocycles. The summed E-state index contributed by atoms with van der Waals surface area (Å²) >= 11 is 7.44. The van der Waals surface area contributed by atoms with Gasteiger partial charge in [0, 0.05) is 16.3 Å². The average molecular weight is 293 g/mol. The van der Waals surface area contributed by atoms with Crippen molar-refractivity contribution in [1.82, 2.24) is 0 Å². The largest absolute Gasteiger partial charge is 0.399 e. The molecule has 0 atom stereocenters. The molecule has 0 aliphatic heterocycles. The Hall–Kier alpha value is -1.70. The molecule has 0 aliphatic carbocycles. The molecule has 0 fully saturated rings. The third kappa shape index (κ3) is 3.40. The maximum absolute atomic E-state index is 13.7. The monoisotopic (exact) mass is 292 g/mol. The summed E-state index contributed by atoms with van der Waals surface area (Å²) in [5.41, 5.74) is 7.14. The van der Waals surface area contributed by atoms with E-state index in [9.17, 15) is 4.39 Å². The third-order valence-electron chi connectivity index (χ3n) is 2.52. The van der Waals surface area contributed by atoms with Gasteiger partial charge in [-0.05, 0) is 35.9 Å². The van der Waals surface area contributed by atoms with E-state index in [2.05, 4.69) is 0 Å². The van der Waals surface area contributed by atoms with E-state index in [1.54, 1.807) is 30.3 Å². The Kier molecular flexibility index (Phi) is 4.31. The van der Waals surface area contributed by atoms with Gasteiger partial charge in [-0.2, -0.15) is 5.26 Å². The number of hydrogen-bond donors (Lipinski definition) is 1. The maximum Gasteiger partial charge on any atom is 0.128 e. The van der Waals surface area contributed by atoms with E-state index in [1.165, 1.54) is 17.8 Å². The number of halogens is 2. The smallest absolute Gasteiger partial charge is 0.128 e. The molecule has 2 aromatic rings. The van der Waals surface area contributed by atoms with Crippen LogP contribution < -0.4 is 5.73 Å². The molecule has 5 heteroatoms. The van der Waals surface area contributed by atoms with Crippen molar-refractivity contribution in [2.24, 2.45) is 0 Å². The van der Waals surface area contributed by atoms with E-state index in [0.29, 0.717) is 27.6 Å². The summed E-state index contributed by atoms with van der Waals surface area (Å²) in [5, 5.41) is 9.27. The van der Waals surface area contributed by atoms with Crippen molar-refractivity contribution >= 4 is 29.1 Å². The van der Waals surface area contributed by atoms with Gasteiger partial charge in [-0.25, -0.2) is 4.39 Å². The number of rotatable bonds is 3. The lowest BCUT2D eigenvalue weighted by Crippen LogP contribution is -1.90. The standard InChI is InChI=1S/C14H10ClFN2S/c15-12-4-3-11(18)6-14(12)19-8-10-2-1-9(7-17)5-13(10)16/h1-6H,8,18H2. The van der Waals surface area contributed by atoms with Crippen molar-refractivity contribution in [3.8, 4) is 6.07 Å². The number of nitriles is 1. The summed E-state index contributed by atoms with van der Waals surface area (Å²) in [5.74, 6) is 0.0485. The fourth-order valence-electron chi connectivity index (χ4n) is 1.52. The van der Waals surface area contributed by atoms with E-state index in [-0.39, 0.29) is 5.82 Å².